The highest BCUT2D eigenvalue weighted by Gasteiger charge is 2.40. The maximum Gasteiger partial charge on any atom is 0.167 e. The standard InChI is InChI=1S/C17H20N2O3/c1-19-13-5-12(6-14(19)10-22-9-13)17(20)16-7-15(21-2)4-3-11(16)8-18/h3-4,7,12-14H,5-6,9-10H2,1-2H3. The number of morpholine rings is 1. The molecule has 0 radical (unpaired) electrons. The van der Waals surface area contributed by atoms with Crippen LogP contribution in [0.1, 0.15) is 28.8 Å². The molecule has 0 saturated carbocycles. The van der Waals surface area contributed by atoms with Gasteiger partial charge in [-0.2, -0.15) is 5.26 Å². The summed E-state index contributed by atoms with van der Waals surface area (Å²) < 4.78 is 10.8. The second-order valence-electron chi connectivity index (χ2n) is 6.07. The molecule has 22 heavy (non-hydrogen) atoms. The summed E-state index contributed by atoms with van der Waals surface area (Å²) in [5.41, 5.74) is 0.904. The van der Waals surface area contributed by atoms with Crippen molar-refractivity contribution >= 4 is 5.78 Å². The average molecular weight is 300 g/mol. The highest BCUT2D eigenvalue weighted by molar-refractivity contribution is 6.00. The molecule has 2 atom stereocenters. The van der Waals surface area contributed by atoms with E-state index in [1.165, 1.54) is 0 Å². The molecule has 2 heterocycles. The summed E-state index contributed by atoms with van der Waals surface area (Å²) in [4.78, 5) is 15.2. The van der Waals surface area contributed by atoms with Crippen LogP contribution in [0.2, 0.25) is 0 Å². The minimum absolute atomic E-state index is 0.0469. The lowest BCUT2D eigenvalue weighted by Crippen LogP contribution is -2.55. The third-order valence-electron chi connectivity index (χ3n) is 4.87. The van der Waals surface area contributed by atoms with Crippen molar-refractivity contribution in [2.45, 2.75) is 24.9 Å². The van der Waals surface area contributed by atoms with Crippen molar-refractivity contribution in [3.05, 3.63) is 29.3 Å². The number of carbonyl (C=O) groups is 1. The number of hydrogen-bond acceptors (Lipinski definition) is 5. The fourth-order valence-electron chi connectivity index (χ4n) is 3.48. The number of Topliss-reactive ketones (excluding diaryl/α,β-unsaturated/α-hetero) is 1. The first-order chi connectivity index (χ1) is 10.6. The van der Waals surface area contributed by atoms with E-state index in [9.17, 15) is 10.1 Å². The van der Waals surface area contributed by atoms with E-state index >= 15 is 0 Å². The summed E-state index contributed by atoms with van der Waals surface area (Å²) in [7, 11) is 3.66. The zero-order chi connectivity index (χ0) is 15.7. The van der Waals surface area contributed by atoms with Crippen LogP contribution in [-0.2, 0) is 4.74 Å². The number of nitrogens with zero attached hydrogens (tertiary/aromatic N) is 2. The molecule has 0 spiro atoms. The maximum atomic E-state index is 12.9. The summed E-state index contributed by atoms with van der Waals surface area (Å²) in [6, 6.07) is 7.75. The largest absolute Gasteiger partial charge is 0.497 e. The number of piperidine rings is 1. The number of nitriles is 1. The molecule has 3 rings (SSSR count). The first-order valence-corrected chi connectivity index (χ1v) is 7.56. The molecule has 0 amide bonds. The smallest absolute Gasteiger partial charge is 0.167 e. The van der Waals surface area contributed by atoms with E-state index in [0.717, 1.165) is 12.8 Å². The molecule has 1 aromatic rings. The zero-order valence-corrected chi connectivity index (χ0v) is 12.9. The van der Waals surface area contributed by atoms with Gasteiger partial charge in [0.2, 0.25) is 0 Å². The Bertz CT molecular complexity index is 609. The van der Waals surface area contributed by atoms with Gasteiger partial charge in [0, 0.05) is 23.6 Å². The van der Waals surface area contributed by atoms with Crippen molar-refractivity contribution in [1.29, 1.82) is 5.26 Å². The number of hydrogen-bond donors (Lipinski definition) is 0. The van der Waals surface area contributed by atoms with Crippen molar-refractivity contribution < 1.29 is 14.3 Å². The summed E-state index contributed by atoms with van der Waals surface area (Å²) in [6.07, 6.45) is 1.57. The number of ketones is 1. The van der Waals surface area contributed by atoms with Gasteiger partial charge in [-0.05, 0) is 38.1 Å². The molecule has 2 bridgehead atoms. The third-order valence-corrected chi connectivity index (χ3v) is 4.87. The first kappa shape index (κ1) is 15.0. The van der Waals surface area contributed by atoms with Gasteiger partial charge < -0.3 is 9.47 Å². The zero-order valence-electron chi connectivity index (χ0n) is 12.9. The highest BCUT2D eigenvalue weighted by Crippen LogP contribution is 2.33. The molecule has 2 saturated heterocycles. The predicted molar refractivity (Wildman–Crippen MR) is 80.9 cm³/mol. The Morgan fingerprint density at radius 2 is 2.05 bits per heavy atom. The van der Waals surface area contributed by atoms with Crippen LogP contribution in [0.3, 0.4) is 0 Å². The van der Waals surface area contributed by atoms with Gasteiger partial charge in [0.1, 0.15) is 5.75 Å². The Morgan fingerprint density at radius 1 is 1.36 bits per heavy atom. The van der Waals surface area contributed by atoms with Crippen LogP contribution in [0.5, 0.6) is 5.75 Å². The summed E-state index contributed by atoms with van der Waals surface area (Å²) in [5, 5.41) is 9.26. The van der Waals surface area contributed by atoms with Crippen LogP contribution in [-0.4, -0.2) is 50.1 Å². The molecule has 5 heteroatoms. The van der Waals surface area contributed by atoms with E-state index in [0.29, 0.717) is 30.1 Å². The minimum atomic E-state index is -0.0469. The van der Waals surface area contributed by atoms with Gasteiger partial charge in [0.15, 0.2) is 5.78 Å². The van der Waals surface area contributed by atoms with Crippen LogP contribution in [0, 0.1) is 17.2 Å². The number of carbonyl (C=O) groups excluding carboxylic acids is 1. The van der Waals surface area contributed by atoms with Crippen molar-refractivity contribution in [1.82, 2.24) is 4.90 Å². The number of rotatable bonds is 3. The van der Waals surface area contributed by atoms with Gasteiger partial charge in [-0.3, -0.25) is 9.69 Å². The molecule has 116 valence electrons. The second-order valence-corrected chi connectivity index (χ2v) is 6.07. The average Bonchev–Trinajstić information content (AvgIpc) is 2.53. The molecule has 1 aromatic carbocycles. The molecule has 0 aliphatic carbocycles. The van der Waals surface area contributed by atoms with Gasteiger partial charge in [-0.25, -0.2) is 0 Å². The Balaban J connectivity index is 1.87. The molecule has 2 aliphatic rings. The predicted octanol–water partition coefficient (Wildman–Crippen LogP) is 1.86. The van der Waals surface area contributed by atoms with E-state index in [-0.39, 0.29) is 23.8 Å². The van der Waals surface area contributed by atoms with Gasteiger partial charge in [-0.1, -0.05) is 0 Å². The molecule has 0 aromatic heterocycles. The minimum Gasteiger partial charge on any atom is -0.497 e. The Hall–Kier alpha value is -1.90. The van der Waals surface area contributed by atoms with Crippen LogP contribution in [0.25, 0.3) is 0 Å². The number of benzene rings is 1. The van der Waals surface area contributed by atoms with Crippen LogP contribution >= 0.6 is 0 Å². The number of likely N-dealkylation sites (N-methyl/N-ethyl adjacent to an activating group) is 1. The van der Waals surface area contributed by atoms with Crippen LogP contribution in [0.15, 0.2) is 18.2 Å². The molecule has 5 nitrogen and oxygen atoms in total. The first-order valence-electron chi connectivity index (χ1n) is 7.56. The number of ether oxygens (including phenoxy) is 2. The summed E-state index contributed by atoms with van der Waals surface area (Å²) in [6.45, 7) is 1.36. The monoisotopic (exact) mass is 300 g/mol. The fraction of sp³-hybridized carbons (Fsp3) is 0.529. The number of fused-ring (bicyclic) bond motifs is 2. The normalized spacial score (nSPS) is 28.0. The maximum absolute atomic E-state index is 12.9. The summed E-state index contributed by atoms with van der Waals surface area (Å²) in [5.74, 6) is 0.619. The lowest BCUT2D eigenvalue weighted by Gasteiger charge is -2.46. The highest BCUT2D eigenvalue weighted by atomic mass is 16.5. The van der Waals surface area contributed by atoms with Gasteiger partial charge in [0.25, 0.3) is 0 Å². The van der Waals surface area contributed by atoms with Crippen LogP contribution < -0.4 is 4.74 Å². The van der Waals surface area contributed by atoms with Crippen LogP contribution in [0.4, 0.5) is 0 Å². The van der Waals surface area contributed by atoms with Crippen molar-refractivity contribution in [2.24, 2.45) is 5.92 Å². The van der Waals surface area contributed by atoms with Gasteiger partial charge >= 0.3 is 0 Å². The van der Waals surface area contributed by atoms with Crippen molar-refractivity contribution in [3.63, 3.8) is 0 Å². The molecule has 2 aliphatic heterocycles. The third kappa shape index (κ3) is 2.60. The lowest BCUT2D eigenvalue weighted by atomic mass is 9.80. The summed E-state index contributed by atoms with van der Waals surface area (Å²) >= 11 is 0. The molecular weight excluding hydrogens is 280 g/mol. The van der Waals surface area contributed by atoms with E-state index < -0.39 is 0 Å². The Morgan fingerprint density at radius 3 is 2.64 bits per heavy atom. The molecule has 0 N–H and O–H groups in total. The quantitative estimate of drug-likeness (QED) is 0.797. The molecule has 2 fully saturated rings. The number of methoxy groups -OCH3 is 1. The van der Waals surface area contributed by atoms with Gasteiger partial charge in [0.05, 0.1) is 32.0 Å². The Kier molecular flexibility index (Phi) is 4.14. The van der Waals surface area contributed by atoms with E-state index in [1.807, 2.05) is 0 Å². The molecular formula is C17H20N2O3. The van der Waals surface area contributed by atoms with E-state index in [4.69, 9.17) is 9.47 Å². The molecule has 2 unspecified atom stereocenters. The van der Waals surface area contributed by atoms with Gasteiger partial charge in [-0.15, -0.1) is 0 Å². The Labute approximate surface area is 130 Å². The second kappa shape index (κ2) is 6.07. The van der Waals surface area contributed by atoms with Crippen molar-refractivity contribution in [2.75, 3.05) is 27.4 Å². The van der Waals surface area contributed by atoms with E-state index in [2.05, 4.69) is 18.0 Å². The SMILES string of the molecule is COc1ccc(C#N)c(C(=O)C2CC3COCC(C2)N3C)c1. The van der Waals surface area contributed by atoms with E-state index in [1.54, 1.807) is 25.3 Å². The topological polar surface area (TPSA) is 62.6 Å². The lowest BCUT2D eigenvalue weighted by molar-refractivity contribution is -0.0702. The fourth-order valence-corrected chi connectivity index (χ4v) is 3.48. The van der Waals surface area contributed by atoms with Crippen molar-refractivity contribution in [3.8, 4) is 11.8 Å².